The Morgan fingerprint density at radius 3 is 2.72 bits per heavy atom. The Labute approximate surface area is 117 Å². The first kappa shape index (κ1) is 14.1. The summed E-state index contributed by atoms with van der Waals surface area (Å²) in [5, 5.41) is 13.9. The molecule has 0 amide bonds. The molecule has 1 aromatic rings. The van der Waals surface area contributed by atoms with Gasteiger partial charge >= 0.3 is 0 Å². The Morgan fingerprint density at radius 1 is 1.50 bits per heavy atom. The van der Waals surface area contributed by atoms with Crippen LogP contribution in [0.15, 0.2) is 21.2 Å². The monoisotopic (exact) mass is 315 g/mol. The van der Waals surface area contributed by atoms with Crippen molar-refractivity contribution in [2.75, 3.05) is 6.54 Å². The molecule has 18 heavy (non-hydrogen) atoms. The van der Waals surface area contributed by atoms with Gasteiger partial charge in [-0.1, -0.05) is 6.92 Å². The number of hydrogen-bond acceptors (Lipinski definition) is 3. The second-order valence-electron chi connectivity index (χ2n) is 5.65. The van der Waals surface area contributed by atoms with Crippen LogP contribution in [0.4, 0.5) is 0 Å². The van der Waals surface area contributed by atoms with E-state index in [-0.39, 0.29) is 6.04 Å². The van der Waals surface area contributed by atoms with Gasteiger partial charge in [-0.2, -0.15) is 0 Å². The summed E-state index contributed by atoms with van der Waals surface area (Å²) in [5.74, 6) is 1.65. The third kappa shape index (κ3) is 3.59. The summed E-state index contributed by atoms with van der Waals surface area (Å²) in [5.41, 5.74) is -0.537. The van der Waals surface area contributed by atoms with Crippen LogP contribution in [0, 0.1) is 5.92 Å². The number of nitrogens with one attached hydrogen (secondary N) is 1. The molecule has 1 aromatic heterocycles. The molecule has 0 saturated heterocycles. The highest BCUT2D eigenvalue weighted by atomic mass is 79.9. The zero-order valence-corrected chi connectivity index (χ0v) is 12.7. The summed E-state index contributed by atoms with van der Waals surface area (Å²) in [6.07, 6.45) is 4.04. The first-order chi connectivity index (χ1) is 8.48. The van der Waals surface area contributed by atoms with Crippen molar-refractivity contribution < 1.29 is 9.52 Å². The maximum Gasteiger partial charge on any atom is 0.169 e. The largest absolute Gasteiger partial charge is 0.453 e. The first-order valence-electron chi connectivity index (χ1n) is 6.69. The van der Waals surface area contributed by atoms with Crippen LogP contribution in [-0.4, -0.2) is 17.3 Å². The van der Waals surface area contributed by atoms with Crippen LogP contribution in [0.3, 0.4) is 0 Å². The molecule has 1 saturated carbocycles. The molecule has 2 rings (SSSR count). The molecular weight excluding hydrogens is 294 g/mol. The van der Waals surface area contributed by atoms with Crippen LogP contribution < -0.4 is 5.32 Å². The first-order valence-corrected chi connectivity index (χ1v) is 7.49. The van der Waals surface area contributed by atoms with Crippen LogP contribution in [0.2, 0.25) is 0 Å². The average Bonchev–Trinajstić information content (AvgIpc) is 2.77. The third-order valence-electron chi connectivity index (χ3n) is 3.96. The molecule has 0 spiro atoms. The highest BCUT2D eigenvalue weighted by Gasteiger charge is 2.32. The molecule has 102 valence electrons. The second kappa shape index (κ2) is 5.76. The van der Waals surface area contributed by atoms with Gasteiger partial charge in [-0.3, -0.25) is 0 Å². The summed E-state index contributed by atoms with van der Waals surface area (Å²) >= 11 is 3.30. The van der Waals surface area contributed by atoms with Gasteiger partial charge in [-0.15, -0.1) is 0 Å². The minimum Gasteiger partial charge on any atom is -0.453 e. The van der Waals surface area contributed by atoms with Crippen LogP contribution in [0.1, 0.15) is 51.3 Å². The maximum absolute atomic E-state index is 10.5. The van der Waals surface area contributed by atoms with Crippen molar-refractivity contribution in [3.05, 3.63) is 22.6 Å². The number of halogens is 1. The lowest BCUT2D eigenvalue weighted by Crippen LogP contribution is -2.43. The van der Waals surface area contributed by atoms with Gasteiger partial charge in [0.05, 0.1) is 11.6 Å². The van der Waals surface area contributed by atoms with Gasteiger partial charge in [0, 0.05) is 6.54 Å². The Morgan fingerprint density at radius 2 is 2.17 bits per heavy atom. The lowest BCUT2D eigenvalue weighted by atomic mass is 9.79. The SMILES string of the molecule is CC1CCC(O)(CNC(C)c2ccc(Br)o2)CC1. The van der Waals surface area contributed by atoms with Crippen LogP contribution >= 0.6 is 15.9 Å². The Hall–Kier alpha value is -0.320. The number of furan rings is 1. The van der Waals surface area contributed by atoms with E-state index in [9.17, 15) is 5.11 Å². The number of rotatable bonds is 4. The molecule has 1 aliphatic rings. The fraction of sp³-hybridized carbons (Fsp3) is 0.714. The molecule has 0 aromatic carbocycles. The molecule has 1 fully saturated rings. The van der Waals surface area contributed by atoms with E-state index in [4.69, 9.17) is 4.42 Å². The minimum absolute atomic E-state index is 0.125. The van der Waals surface area contributed by atoms with Crippen molar-refractivity contribution in [3.8, 4) is 0 Å². The Kier molecular flexibility index (Phi) is 4.51. The molecule has 0 aliphatic heterocycles. The van der Waals surface area contributed by atoms with E-state index in [2.05, 4.69) is 35.1 Å². The third-order valence-corrected chi connectivity index (χ3v) is 4.39. The Bertz CT molecular complexity index is 383. The molecule has 4 heteroatoms. The van der Waals surface area contributed by atoms with Crippen LogP contribution in [0.5, 0.6) is 0 Å². The predicted octanol–water partition coefficient (Wildman–Crippen LogP) is 3.63. The van der Waals surface area contributed by atoms with E-state index < -0.39 is 5.60 Å². The number of aliphatic hydroxyl groups is 1. The van der Waals surface area contributed by atoms with Gasteiger partial charge in [0.2, 0.25) is 0 Å². The summed E-state index contributed by atoms with van der Waals surface area (Å²) in [6, 6.07) is 3.97. The van der Waals surface area contributed by atoms with E-state index in [1.54, 1.807) is 0 Å². The van der Waals surface area contributed by atoms with Gasteiger partial charge in [0.1, 0.15) is 5.76 Å². The van der Waals surface area contributed by atoms with Crippen molar-refractivity contribution in [3.63, 3.8) is 0 Å². The van der Waals surface area contributed by atoms with Gasteiger partial charge in [0.15, 0.2) is 4.67 Å². The predicted molar refractivity (Wildman–Crippen MR) is 75.4 cm³/mol. The highest BCUT2D eigenvalue weighted by molar-refractivity contribution is 9.10. The van der Waals surface area contributed by atoms with Gasteiger partial charge in [-0.25, -0.2) is 0 Å². The summed E-state index contributed by atoms with van der Waals surface area (Å²) in [4.78, 5) is 0. The van der Waals surface area contributed by atoms with Crippen molar-refractivity contribution in [2.45, 2.75) is 51.2 Å². The topological polar surface area (TPSA) is 45.4 Å². The van der Waals surface area contributed by atoms with Crippen LogP contribution in [0.25, 0.3) is 0 Å². The van der Waals surface area contributed by atoms with Gasteiger partial charge in [0.25, 0.3) is 0 Å². The molecular formula is C14H22BrNO2. The van der Waals surface area contributed by atoms with Crippen molar-refractivity contribution >= 4 is 15.9 Å². The smallest absolute Gasteiger partial charge is 0.169 e. The van der Waals surface area contributed by atoms with E-state index in [0.717, 1.165) is 42.0 Å². The molecule has 2 N–H and O–H groups in total. The molecule has 1 aliphatic carbocycles. The summed E-state index contributed by atoms with van der Waals surface area (Å²) in [7, 11) is 0. The average molecular weight is 316 g/mol. The quantitative estimate of drug-likeness (QED) is 0.891. The fourth-order valence-electron chi connectivity index (χ4n) is 2.48. The normalized spacial score (nSPS) is 30.3. The molecule has 3 nitrogen and oxygen atoms in total. The lowest BCUT2D eigenvalue weighted by molar-refractivity contribution is -0.00825. The van der Waals surface area contributed by atoms with Gasteiger partial charge in [-0.05, 0) is 66.6 Å². The zero-order valence-electron chi connectivity index (χ0n) is 11.1. The fourth-order valence-corrected chi connectivity index (χ4v) is 2.80. The summed E-state index contributed by atoms with van der Waals surface area (Å²) in [6.45, 7) is 4.95. The van der Waals surface area contributed by atoms with Crippen molar-refractivity contribution in [1.29, 1.82) is 0 Å². The van der Waals surface area contributed by atoms with E-state index in [0.29, 0.717) is 6.54 Å². The Balaban J connectivity index is 1.84. The van der Waals surface area contributed by atoms with E-state index >= 15 is 0 Å². The molecule has 1 atom stereocenters. The second-order valence-corrected chi connectivity index (χ2v) is 6.43. The van der Waals surface area contributed by atoms with Crippen LogP contribution in [-0.2, 0) is 0 Å². The summed E-state index contributed by atoms with van der Waals surface area (Å²) < 4.78 is 6.25. The maximum atomic E-state index is 10.5. The van der Waals surface area contributed by atoms with E-state index in [1.807, 2.05) is 12.1 Å². The molecule has 0 bridgehead atoms. The molecule has 1 heterocycles. The lowest BCUT2D eigenvalue weighted by Gasteiger charge is -2.35. The van der Waals surface area contributed by atoms with E-state index in [1.165, 1.54) is 0 Å². The zero-order chi connectivity index (χ0) is 13.2. The minimum atomic E-state index is -0.537. The number of hydrogen-bond donors (Lipinski definition) is 2. The van der Waals surface area contributed by atoms with Gasteiger partial charge < -0.3 is 14.8 Å². The van der Waals surface area contributed by atoms with Crippen molar-refractivity contribution in [1.82, 2.24) is 5.32 Å². The highest BCUT2D eigenvalue weighted by Crippen LogP contribution is 2.31. The standard InChI is InChI=1S/C14H22BrNO2/c1-10-5-7-14(17,8-6-10)9-16-11(2)12-3-4-13(15)18-12/h3-4,10-11,16-17H,5-9H2,1-2H3. The van der Waals surface area contributed by atoms with Crippen molar-refractivity contribution in [2.24, 2.45) is 5.92 Å². The molecule has 1 unspecified atom stereocenters. The molecule has 0 radical (unpaired) electrons.